The molecule has 0 radical (unpaired) electrons. The minimum atomic E-state index is -0.543. The first kappa shape index (κ1) is 14.5. The number of rotatable bonds is 3. The van der Waals surface area contributed by atoms with Gasteiger partial charge in [-0.05, 0) is 49.4 Å². The molecule has 0 bridgehead atoms. The number of hydrogen-bond donors (Lipinski definition) is 0. The molecule has 1 fully saturated rings. The van der Waals surface area contributed by atoms with Gasteiger partial charge in [-0.2, -0.15) is 0 Å². The number of amides is 1. The lowest BCUT2D eigenvalue weighted by atomic mass is 9.96. The fourth-order valence-electron chi connectivity index (χ4n) is 3.74. The van der Waals surface area contributed by atoms with Gasteiger partial charge in [0, 0.05) is 18.3 Å². The number of carbonyl (C=O) groups excluding carboxylic acids is 1. The van der Waals surface area contributed by atoms with Crippen molar-refractivity contribution in [2.24, 2.45) is 0 Å². The van der Waals surface area contributed by atoms with E-state index >= 15 is 0 Å². The summed E-state index contributed by atoms with van der Waals surface area (Å²) in [6.45, 7) is 0.764. The molecule has 5 rings (SSSR count). The third kappa shape index (κ3) is 2.22. The lowest BCUT2D eigenvalue weighted by Crippen LogP contribution is -2.42. The summed E-state index contributed by atoms with van der Waals surface area (Å²) in [6.07, 6.45) is 5.25. The molecular formula is C20H18N2O3. The van der Waals surface area contributed by atoms with Crippen molar-refractivity contribution in [1.82, 2.24) is 5.16 Å². The minimum absolute atomic E-state index is 0.138. The van der Waals surface area contributed by atoms with Crippen LogP contribution < -0.4 is 4.90 Å². The lowest BCUT2D eigenvalue weighted by Gasteiger charge is -2.32. The Kier molecular flexibility index (Phi) is 3.10. The molecule has 5 nitrogen and oxygen atoms in total. The van der Waals surface area contributed by atoms with Crippen molar-refractivity contribution in [2.75, 3.05) is 11.4 Å². The van der Waals surface area contributed by atoms with Crippen molar-refractivity contribution in [3.05, 3.63) is 60.0 Å². The molecule has 1 aliphatic carbocycles. The zero-order chi connectivity index (χ0) is 16.9. The van der Waals surface area contributed by atoms with E-state index < -0.39 is 5.41 Å². The number of benzene rings is 1. The highest BCUT2D eigenvalue weighted by Gasteiger charge is 2.56. The molecule has 126 valence electrons. The molecule has 0 unspecified atom stereocenters. The number of furan rings is 1. The molecule has 1 amide bonds. The molecule has 0 spiro atoms. The van der Waals surface area contributed by atoms with Crippen molar-refractivity contribution >= 4 is 11.6 Å². The van der Waals surface area contributed by atoms with Gasteiger partial charge in [-0.15, -0.1) is 0 Å². The molecule has 5 heteroatoms. The van der Waals surface area contributed by atoms with Gasteiger partial charge in [0.2, 0.25) is 11.7 Å². The number of fused-ring (bicyclic) bond motifs is 1. The normalized spacial score (nSPS) is 18.0. The fraction of sp³-hybridized carbons (Fsp3) is 0.300. The molecule has 1 aromatic carbocycles. The van der Waals surface area contributed by atoms with Crippen molar-refractivity contribution < 1.29 is 13.7 Å². The number of hydrogen-bond acceptors (Lipinski definition) is 4. The summed E-state index contributed by atoms with van der Waals surface area (Å²) in [5, 5.41) is 4.20. The van der Waals surface area contributed by atoms with Crippen LogP contribution in [0.4, 0.5) is 5.69 Å². The Morgan fingerprint density at radius 3 is 2.80 bits per heavy atom. The Morgan fingerprint density at radius 1 is 1.12 bits per heavy atom. The summed E-state index contributed by atoms with van der Waals surface area (Å²) >= 11 is 0. The van der Waals surface area contributed by atoms with E-state index in [4.69, 9.17) is 8.94 Å². The van der Waals surface area contributed by atoms with Gasteiger partial charge in [-0.1, -0.05) is 23.4 Å². The third-order valence-electron chi connectivity index (χ3n) is 5.28. The number of aryl methyl sites for hydroxylation is 1. The van der Waals surface area contributed by atoms with Gasteiger partial charge in [-0.3, -0.25) is 4.79 Å². The Balaban J connectivity index is 1.48. The SMILES string of the molecule is O=C(N1CCCc2ccccc21)C1(c2cc(-c3ccco3)on2)CC1. The highest BCUT2D eigenvalue weighted by Crippen LogP contribution is 2.50. The lowest BCUT2D eigenvalue weighted by molar-refractivity contribution is -0.121. The number of nitrogens with zero attached hydrogens (tertiary/aromatic N) is 2. The zero-order valence-corrected chi connectivity index (χ0v) is 13.8. The Hall–Kier alpha value is -2.82. The van der Waals surface area contributed by atoms with Crippen LogP contribution in [0.15, 0.2) is 57.7 Å². The first-order valence-electron chi connectivity index (χ1n) is 8.69. The van der Waals surface area contributed by atoms with E-state index in [0.717, 1.165) is 37.9 Å². The molecule has 1 saturated carbocycles. The van der Waals surface area contributed by atoms with Crippen LogP contribution in [0.1, 0.15) is 30.5 Å². The molecular weight excluding hydrogens is 316 g/mol. The highest BCUT2D eigenvalue weighted by molar-refractivity contribution is 6.03. The minimum Gasteiger partial charge on any atom is -0.461 e. The van der Waals surface area contributed by atoms with Crippen molar-refractivity contribution in [3.63, 3.8) is 0 Å². The molecule has 1 aliphatic heterocycles. The van der Waals surface area contributed by atoms with Crippen LogP contribution in [0.2, 0.25) is 0 Å². The van der Waals surface area contributed by atoms with E-state index in [2.05, 4.69) is 11.2 Å². The predicted octanol–water partition coefficient (Wildman–Crippen LogP) is 3.95. The fourth-order valence-corrected chi connectivity index (χ4v) is 3.74. The van der Waals surface area contributed by atoms with E-state index in [1.807, 2.05) is 35.2 Å². The van der Waals surface area contributed by atoms with Crippen LogP contribution >= 0.6 is 0 Å². The van der Waals surface area contributed by atoms with Crippen LogP contribution in [-0.4, -0.2) is 17.6 Å². The van der Waals surface area contributed by atoms with E-state index in [9.17, 15) is 4.79 Å². The third-order valence-corrected chi connectivity index (χ3v) is 5.28. The van der Waals surface area contributed by atoms with Crippen LogP contribution in [0.25, 0.3) is 11.5 Å². The molecule has 25 heavy (non-hydrogen) atoms. The van der Waals surface area contributed by atoms with Crippen molar-refractivity contribution in [3.8, 4) is 11.5 Å². The largest absolute Gasteiger partial charge is 0.461 e. The topological polar surface area (TPSA) is 59.5 Å². The van der Waals surface area contributed by atoms with Gasteiger partial charge in [0.25, 0.3) is 0 Å². The van der Waals surface area contributed by atoms with Crippen molar-refractivity contribution in [1.29, 1.82) is 0 Å². The van der Waals surface area contributed by atoms with E-state index in [-0.39, 0.29) is 5.91 Å². The van der Waals surface area contributed by atoms with E-state index in [1.54, 1.807) is 12.3 Å². The van der Waals surface area contributed by atoms with Crippen LogP contribution in [0.3, 0.4) is 0 Å². The quantitative estimate of drug-likeness (QED) is 0.728. The van der Waals surface area contributed by atoms with Crippen LogP contribution in [0.5, 0.6) is 0 Å². The van der Waals surface area contributed by atoms with Gasteiger partial charge in [0.15, 0.2) is 5.76 Å². The molecule has 2 aromatic heterocycles. The number of para-hydroxylation sites is 1. The van der Waals surface area contributed by atoms with Gasteiger partial charge in [0.1, 0.15) is 0 Å². The predicted molar refractivity (Wildman–Crippen MR) is 92.2 cm³/mol. The van der Waals surface area contributed by atoms with Gasteiger partial charge in [0.05, 0.1) is 17.4 Å². The molecule has 3 heterocycles. The summed E-state index contributed by atoms with van der Waals surface area (Å²) in [5.41, 5.74) is 2.46. The summed E-state index contributed by atoms with van der Waals surface area (Å²) in [7, 11) is 0. The number of anilines is 1. The first-order chi connectivity index (χ1) is 12.3. The summed E-state index contributed by atoms with van der Waals surface area (Å²) < 4.78 is 10.8. The van der Waals surface area contributed by atoms with E-state index in [0.29, 0.717) is 17.2 Å². The highest BCUT2D eigenvalue weighted by atomic mass is 16.5. The van der Waals surface area contributed by atoms with Crippen LogP contribution in [-0.2, 0) is 16.6 Å². The van der Waals surface area contributed by atoms with Gasteiger partial charge < -0.3 is 13.8 Å². The second-order valence-corrected chi connectivity index (χ2v) is 6.82. The van der Waals surface area contributed by atoms with Gasteiger partial charge >= 0.3 is 0 Å². The number of aromatic nitrogens is 1. The Morgan fingerprint density at radius 2 is 2.00 bits per heavy atom. The molecule has 0 N–H and O–H groups in total. The Bertz CT molecular complexity index is 922. The van der Waals surface area contributed by atoms with E-state index in [1.165, 1.54) is 5.56 Å². The van der Waals surface area contributed by atoms with Crippen LogP contribution in [0, 0.1) is 0 Å². The number of carbonyl (C=O) groups is 1. The maximum absolute atomic E-state index is 13.4. The molecule has 0 atom stereocenters. The molecule has 3 aromatic rings. The maximum Gasteiger partial charge on any atom is 0.239 e. The smallest absolute Gasteiger partial charge is 0.239 e. The summed E-state index contributed by atoms with van der Waals surface area (Å²) in [6, 6.07) is 13.7. The zero-order valence-electron chi connectivity index (χ0n) is 13.8. The first-order valence-corrected chi connectivity index (χ1v) is 8.69. The molecule has 2 aliphatic rings. The Labute approximate surface area is 145 Å². The van der Waals surface area contributed by atoms with Gasteiger partial charge in [-0.25, -0.2) is 0 Å². The standard InChI is InChI=1S/C20H18N2O3/c23-19(22-11-3-6-14-5-1-2-7-15(14)22)20(9-10-20)18-13-17(25-21-18)16-8-4-12-24-16/h1-2,4-5,7-8,12-13H,3,6,9-11H2. The second-order valence-electron chi connectivity index (χ2n) is 6.82. The molecule has 0 saturated heterocycles. The monoisotopic (exact) mass is 334 g/mol. The summed E-state index contributed by atoms with van der Waals surface area (Å²) in [5.74, 6) is 1.34. The maximum atomic E-state index is 13.4. The average Bonchev–Trinajstić information content (AvgIpc) is 3.08. The average molecular weight is 334 g/mol. The summed E-state index contributed by atoms with van der Waals surface area (Å²) in [4.78, 5) is 15.3. The van der Waals surface area contributed by atoms with Crippen molar-refractivity contribution in [2.45, 2.75) is 31.1 Å². The second kappa shape index (κ2) is 5.34.